The van der Waals surface area contributed by atoms with Crippen LogP contribution in [0.1, 0.15) is 32.3 Å². The SMILES string of the molecule is CCCC(Oc1ccc(OC)cc1CO)C(=O)OCC. The monoisotopic (exact) mass is 282 g/mol. The van der Waals surface area contributed by atoms with E-state index < -0.39 is 6.10 Å². The highest BCUT2D eigenvalue weighted by molar-refractivity contribution is 5.75. The lowest BCUT2D eigenvalue weighted by Crippen LogP contribution is -2.29. The summed E-state index contributed by atoms with van der Waals surface area (Å²) in [6.07, 6.45) is 0.711. The number of hydrogen-bond donors (Lipinski definition) is 1. The summed E-state index contributed by atoms with van der Waals surface area (Å²) < 4.78 is 15.8. The fourth-order valence-corrected chi connectivity index (χ4v) is 1.80. The van der Waals surface area contributed by atoms with Crippen LogP contribution >= 0.6 is 0 Å². The maximum atomic E-state index is 11.8. The van der Waals surface area contributed by atoms with Gasteiger partial charge in [-0.15, -0.1) is 0 Å². The van der Waals surface area contributed by atoms with E-state index >= 15 is 0 Å². The summed E-state index contributed by atoms with van der Waals surface area (Å²) in [5.74, 6) is 0.721. The van der Waals surface area contributed by atoms with E-state index in [-0.39, 0.29) is 12.6 Å². The van der Waals surface area contributed by atoms with Crippen molar-refractivity contribution in [3.8, 4) is 11.5 Å². The van der Waals surface area contributed by atoms with Gasteiger partial charge in [-0.2, -0.15) is 0 Å². The van der Waals surface area contributed by atoms with Crippen molar-refractivity contribution in [2.24, 2.45) is 0 Å². The van der Waals surface area contributed by atoms with E-state index in [0.29, 0.717) is 30.1 Å². The fourth-order valence-electron chi connectivity index (χ4n) is 1.80. The molecule has 5 heteroatoms. The first-order valence-electron chi connectivity index (χ1n) is 6.77. The van der Waals surface area contributed by atoms with Gasteiger partial charge in [-0.3, -0.25) is 0 Å². The topological polar surface area (TPSA) is 65.0 Å². The quantitative estimate of drug-likeness (QED) is 0.741. The number of methoxy groups -OCH3 is 1. The van der Waals surface area contributed by atoms with E-state index in [2.05, 4.69) is 0 Å². The van der Waals surface area contributed by atoms with E-state index in [4.69, 9.17) is 14.2 Å². The zero-order valence-electron chi connectivity index (χ0n) is 12.2. The zero-order valence-corrected chi connectivity index (χ0v) is 12.2. The molecule has 0 saturated carbocycles. The molecule has 0 fully saturated rings. The Kier molecular flexibility index (Phi) is 6.87. The van der Waals surface area contributed by atoms with Gasteiger partial charge in [0.2, 0.25) is 0 Å². The van der Waals surface area contributed by atoms with Crippen molar-refractivity contribution < 1.29 is 24.1 Å². The highest BCUT2D eigenvalue weighted by atomic mass is 16.6. The van der Waals surface area contributed by atoms with Gasteiger partial charge in [0.1, 0.15) is 11.5 Å². The second-order valence-corrected chi connectivity index (χ2v) is 4.28. The third-order valence-corrected chi connectivity index (χ3v) is 2.81. The van der Waals surface area contributed by atoms with Gasteiger partial charge >= 0.3 is 5.97 Å². The number of hydrogen-bond acceptors (Lipinski definition) is 5. The van der Waals surface area contributed by atoms with Gasteiger partial charge in [0.25, 0.3) is 0 Å². The van der Waals surface area contributed by atoms with Gasteiger partial charge in [0, 0.05) is 5.56 Å². The number of esters is 1. The van der Waals surface area contributed by atoms with Crippen molar-refractivity contribution in [2.45, 2.75) is 39.4 Å². The molecule has 1 rings (SSSR count). The minimum atomic E-state index is -0.654. The molecule has 0 saturated heterocycles. The Morgan fingerprint density at radius 2 is 2.10 bits per heavy atom. The molecule has 1 atom stereocenters. The van der Waals surface area contributed by atoms with Crippen molar-refractivity contribution in [1.82, 2.24) is 0 Å². The molecule has 112 valence electrons. The van der Waals surface area contributed by atoms with Crippen molar-refractivity contribution >= 4 is 5.97 Å². The number of aliphatic hydroxyl groups is 1. The van der Waals surface area contributed by atoms with Crippen LogP contribution in [-0.2, 0) is 16.1 Å². The van der Waals surface area contributed by atoms with Crippen LogP contribution in [0.4, 0.5) is 0 Å². The molecule has 0 radical (unpaired) electrons. The molecule has 20 heavy (non-hydrogen) atoms. The maximum Gasteiger partial charge on any atom is 0.347 e. The van der Waals surface area contributed by atoms with E-state index in [0.717, 1.165) is 6.42 Å². The van der Waals surface area contributed by atoms with Crippen LogP contribution in [0.25, 0.3) is 0 Å². The molecular formula is C15H22O5. The van der Waals surface area contributed by atoms with Crippen LogP contribution in [0.15, 0.2) is 18.2 Å². The smallest absolute Gasteiger partial charge is 0.347 e. The molecule has 5 nitrogen and oxygen atoms in total. The largest absolute Gasteiger partial charge is 0.497 e. The average molecular weight is 282 g/mol. The third kappa shape index (κ3) is 4.42. The highest BCUT2D eigenvalue weighted by Gasteiger charge is 2.22. The predicted octanol–water partition coefficient (Wildman–Crippen LogP) is 2.30. The van der Waals surface area contributed by atoms with Crippen LogP contribution in [0.5, 0.6) is 11.5 Å². The van der Waals surface area contributed by atoms with Gasteiger partial charge in [-0.25, -0.2) is 4.79 Å². The minimum Gasteiger partial charge on any atom is -0.497 e. The summed E-state index contributed by atoms with van der Waals surface area (Å²) in [4.78, 5) is 11.8. The molecular weight excluding hydrogens is 260 g/mol. The third-order valence-electron chi connectivity index (χ3n) is 2.81. The minimum absolute atomic E-state index is 0.186. The molecule has 0 heterocycles. The first-order chi connectivity index (χ1) is 9.65. The molecule has 0 aliphatic rings. The standard InChI is InChI=1S/C15H22O5/c1-4-6-14(15(17)19-5-2)20-13-8-7-12(18-3)9-11(13)10-16/h7-9,14,16H,4-6,10H2,1-3H3. The Labute approximate surface area is 119 Å². The summed E-state index contributed by atoms with van der Waals surface area (Å²) in [7, 11) is 1.55. The van der Waals surface area contributed by atoms with E-state index in [1.165, 1.54) is 0 Å². The van der Waals surface area contributed by atoms with Crippen LogP contribution in [0, 0.1) is 0 Å². The Morgan fingerprint density at radius 3 is 2.65 bits per heavy atom. The van der Waals surface area contributed by atoms with Crippen molar-refractivity contribution in [3.63, 3.8) is 0 Å². The molecule has 0 amide bonds. The number of aliphatic hydroxyl groups excluding tert-OH is 1. The van der Waals surface area contributed by atoms with E-state index in [1.807, 2.05) is 6.92 Å². The molecule has 1 aromatic rings. The number of ether oxygens (including phenoxy) is 3. The molecule has 0 spiro atoms. The van der Waals surface area contributed by atoms with Crippen molar-refractivity contribution in [1.29, 1.82) is 0 Å². The Hall–Kier alpha value is -1.75. The summed E-state index contributed by atoms with van der Waals surface area (Å²) in [6.45, 7) is 3.86. The molecule has 0 bridgehead atoms. The number of carbonyl (C=O) groups excluding carboxylic acids is 1. The van der Waals surface area contributed by atoms with E-state index in [9.17, 15) is 9.90 Å². The summed E-state index contributed by atoms with van der Waals surface area (Å²) in [6, 6.07) is 5.10. The van der Waals surface area contributed by atoms with Gasteiger partial charge < -0.3 is 19.3 Å². The van der Waals surface area contributed by atoms with E-state index in [1.54, 1.807) is 32.2 Å². The second-order valence-electron chi connectivity index (χ2n) is 4.28. The van der Waals surface area contributed by atoms with Crippen molar-refractivity contribution in [2.75, 3.05) is 13.7 Å². The lowest BCUT2D eigenvalue weighted by Gasteiger charge is -2.19. The second kappa shape index (κ2) is 8.43. The lowest BCUT2D eigenvalue weighted by atomic mass is 10.1. The first-order valence-corrected chi connectivity index (χ1v) is 6.77. The normalized spacial score (nSPS) is 11.8. The highest BCUT2D eigenvalue weighted by Crippen LogP contribution is 2.26. The van der Waals surface area contributed by atoms with Gasteiger partial charge in [-0.05, 0) is 31.5 Å². The number of rotatable bonds is 8. The van der Waals surface area contributed by atoms with Crippen LogP contribution in [0.3, 0.4) is 0 Å². The predicted molar refractivity (Wildman–Crippen MR) is 74.9 cm³/mol. The van der Waals surface area contributed by atoms with Gasteiger partial charge in [-0.1, -0.05) is 13.3 Å². The Balaban J connectivity index is 2.89. The van der Waals surface area contributed by atoms with Crippen LogP contribution in [-0.4, -0.2) is 30.9 Å². The molecule has 0 aliphatic carbocycles. The molecule has 0 aliphatic heterocycles. The Bertz CT molecular complexity index is 430. The average Bonchev–Trinajstić information content (AvgIpc) is 2.47. The zero-order chi connectivity index (χ0) is 15.0. The number of carbonyl (C=O) groups is 1. The molecule has 0 aromatic heterocycles. The van der Waals surface area contributed by atoms with Gasteiger partial charge in [0.15, 0.2) is 6.10 Å². The van der Waals surface area contributed by atoms with Crippen LogP contribution < -0.4 is 9.47 Å². The van der Waals surface area contributed by atoms with Crippen LogP contribution in [0.2, 0.25) is 0 Å². The fraction of sp³-hybridized carbons (Fsp3) is 0.533. The molecule has 1 N–H and O–H groups in total. The summed E-state index contributed by atoms with van der Waals surface area (Å²) in [5, 5.41) is 9.37. The summed E-state index contributed by atoms with van der Waals surface area (Å²) >= 11 is 0. The molecule has 1 aromatic carbocycles. The molecule has 1 unspecified atom stereocenters. The summed E-state index contributed by atoms with van der Waals surface area (Å²) in [5.41, 5.74) is 0.578. The number of benzene rings is 1. The Morgan fingerprint density at radius 1 is 1.35 bits per heavy atom. The van der Waals surface area contributed by atoms with Crippen molar-refractivity contribution in [3.05, 3.63) is 23.8 Å². The lowest BCUT2D eigenvalue weighted by molar-refractivity contribution is -0.151. The first kappa shape index (κ1) is 16.3. The van der Waals surface area contributed by atoms with Gasteiger partial charge in [0.05, 0.1) is 20.3 Å². The maximum absolute atomic E-state index is 11.8.